The first-order valence-electron chi connectivity index (χ1n) is 7.61. The van der Waals surface area contributed by atoms with Gasteiger partial charge in [0.2, 0.25) is 5.91 Å². The number of hydrogen-bond acceptors (Lipinski definition) is 2. The molecule has 0 aliphatic carbocycles. The average molecular weight is 390 g/mol. The van der Waals surface area contributed by atoms with Crippen LogP contribution in [0, 0.1) is 13.8 Å². The topological polar surface area (TPSA) is 70.2 Å². The molecule has 126 valence electrons. The Morgan fingerprint density at radius 1 is 0.917 bits per heavy atom. The van der Waals surface area contributed by atoms with Gasteiger partial charge in [0.1, 0.15) is 0 Å². The molecule has 2 rings (SSSR count). The third-order valence-electron chi connectivity index (χ3n) is 3.25. The molecular weight excluding hydrogens is 370 g/mol. The molecule has 0 heterocycles. The number of hydrogen-bond donors (Lipinski definition) is 3. The van der Waals surface area contributed by atoms with Crippen LogP contribution in [0.15, 0.2) is 46.9 Å². The van der Waals surface area contributed by atoms with Crippen molar-refractivity contribution in [2.45, 2.75) is 20.3 Å². The van der Waals surface area contributed by atoms with Gasteiger partial charge in [0, 0.05) is 28.8 Å². The smallest absolute Gasteiger partial charge is 0.319 e. The summed E-state index contributed by atoms with van der Waals surface area (Å²) in [5, 5.41) is 8.20. The summed E-state index contributed by atoms with van der Waals surface area (Å²) < 4.78 is 0.941. The van der Waals surface area contributed by atoms with Crippen molar-refractivity contribution in [3.05, 3.63) is 58.1 Å². The highest BCUT2D eigenvalue weighted by Gasteiger charge is 2.06. The Bertz CT molecular complexity index is 709. The Morgan fingerprint density at radius 3 is 2.17 bits per heavy atom. The maximum absolute atomic E-state index is 11.9. The van der Waals surface area contributed by atoms with E-state index in [1.807, 2.05) is 44.2 Å². The van der Waals surface area contributed by atoms with E-state index < -0.39 is 0 Å². The zero-order valence-corrected chi connectivity index (χ0v) is 15.2. The summed E-state index contributed by atoms with van der Waals surface area (Å²) >= 11 is 3.33. The molecule has 5 nitrogen and oxygen atoms in total. The first-order valence-corrected chi connectivity index (χ1v) is 8.40. The van der Waals surface area contributed by atoms with Crippen LogP contribution in [0.2, 0.25) is 0 Å². The first-order chi connectivity index (χ1) is 11.4. The van der Waals surface area contributed by atoms with E-state index in [2.05, 4.69) is 31.9 Å². The Morgan fingerprint density at radius 2 is 1.54 bits per heavy atom. The molecule has 24 heavy (non-hydrogen) atoms. The summed E-state index contributed by atoms with van der Waals surface area (Å²) in [6, 6.07) is 12.8. The van der Waals surface area contributed by atoms with Crippen molar-refractivity contribution in [1.29, 1.82) is 0 Å². The summed E-state index contributed by atoms with van der Waals surface area (Å²) in [5.74, 6) is -0.135. The van der Waals surface area contributed by atoms with Crippen LogP contribution >= 0.6 is 15.9 Å². The second-order valence-electron chi connectivity index (χ2n) is 5.56. The van der Waals surface area contributed by atoms with E-state index in [1.165, 1.54) is 0 Å². The predicted octanol–water partition coefficient (Wildman–Crippen LogP) is 4.22. The molecule has 2 aromatic rings. The molecule has 0 spiro atoms. The monoisotopic (exact) mass is 389 g/mol. The van der Waals surface area contributed by atoms with Gasteiger partial charge in [0.25, 0.3) is 0 Å². The minimum absolute atomic E-state index is 0.135. The lowest BCUT2D eigenvalue weighted by atomic mass is 10.1. The van der Waals surface area contributed by atoms with Crippen molar-refractivity contribution < 1.29 is 9.59 Å². The number of urea groups is 1. The fraction of sp³-hybridized carbons (Fsp3) is 0.222. The van der Waals surface area contributed by atoms with E-state index in [1.54, 1.807) is 12.1 Å². The number of anilines is 2. The second kappa shape index (κ2) is 8.49. The van der Waals surface area contributed by atoms with Crippen LogP contribution in [0.1, 0.15) is 17.5 Å². The summed E-state index contributed by atoms with van der Waals surface area (Å²) in [6.07, 6.45) is 0.209. The van der Waals surface area contributed by atoms with Crippen molar-refractivity contribution in [1.82, 2.24) is 5.32 Å². The molecule has 3 N–H and O–H groups in total. The normalized spacial score (nSPS) is 10.1. The summed E-state index contributed by atoms with van der Waals surface area (Å²) in [6.45, 7) is 4.23. The summed E-state index contributed by atoms with van der Waals surface area (Å²) in [5.41, 5.74) is 3.65. The zero-order valence-electron chi connectivity index (χ0n) is 13.7. The number of nitrogens with one attached hydrogen (secondary N) is 3. The van der Waals surface area contributed by atoms with E-state index in [0.29, 0.717) is 5.69 Å². The van der Waals surface area contributed by atoms with Crippen LogP contribution in [-0.2, 0) is 4.79 Å². The molecule has 0 bridgehead atoms. The van der Waals surface area contributed by atoms with Crippen LogP contribution < -0.4 is 16.0 Å². The number of carbonyl (C=O) groups excluding carboxylic acids is 2. The Kier molecular flexibility index (Phi) is 6.37. The van der Waals surface area contributed by atoms with Crippen molar-refractivity contribution >= 4 is 39.2 Å². The third kappa shape index (κ3) is 6.04. The molecule has 0 fully saturated rings. The standard InChI is InChI=1S/C18H20BrN3O2/c1-12-9-13(2)11-16(10-12)21-17(23)7-8-20-18(24)22-15-5-3-14(19)4-6-15/h3-6,9-11H,7-8H2,1-2H3,(H,21,23)(H2,20,22,24). The molecule has 6 heteroatoms. The lowest BCUT2D eigenvalue weighted by molar-refractivity contribution is -0.116. The van der Waals surface area contributed by atoms with E-state index in [4.69, 9.17) is 0 Å². The number of rotatable bonds is 5. The van der Waals surface area contributed by atoms with Crippen molar-refractivity contribution in [3.63, 3.8) is 0 Å². The molecular formula is C18H20BrN3O2. The quantitative estimate of drug-likeness (QED) is 0.716. The van der Waals surface area contributed by atoms with Gasteiger partial charge in [0.15, 0.2) is 0 Å². The molecule has 0 aromatic heterocycles. The van der Waals surface area contributed by atoms with Gasteiger partial charge in [-0.3, -0.25) is 4.79 Å². The molecule has 0 saturated carbocycles. The highest BCUT2D eigenvalue weighted by Crippen LogP contribution is 2.14. The third-order valence-corrected chi connectivity index (χ3v) is 3.77. The van der Waals surface area contributed by atoms with Crippen LogP contribution in [0.5, 0.6) is 0 Å². The molecule has 0 radical (unpaired) electrons. The molecule has 0 saturated heterocycles. The van der Waals surface area contributed by atoms with Gasteiger partial charge < -0.3 is 16.0 Å². The molecule has 0 unspecified atom stereocenters. The number of benzene rings is 2. The van der Waals surface area contributed by atoms with E-state index in [0.717, 1.165) is 21.3 Å². The number of carbonyl (C=O) groups is 2. The van der Waals surface area contributed by atoms with Crippen LogP contribution in [-0.4, -0.2) is 18.5 Å². The first kappa shape index (κ1) is 18.0. The summed E-state index contributed by atoms with van der Waals surface area (Å²) in [4.78, 5) is 23.7. The van der Waals surface area contributed by atoms with Crippen molar-refractivity contribution in [2.24, 2.45) is 0 Å². The molecule has 2 aromatic carbocycles. The van der Waals surface area contributed by atoms with Gasteiger partial charge in [-0.1, -0.05) is 22.0 Å². The average Bonchev–Trinajstić information content (AvgIpc) is 2.48. The minimum atomic E-state index is -0.337. The van der Waals surface area contributed by atoms with E-state index in [-0.39, 0.29) is 24.9 Å². The van der Waals surface area contributed by atoms with Crippen LogP contribution in [0.4, 0.5) is 16.2 Å². The molecule has 3 amide bonds. The van der Waals surface area contributed by atoms with Gasteiger partial charge in [-0.15, -0.1) is 0 Å². The zero-order chi connectivity index (χ0) is 17.5. The van der Waals surface area contributed by atoms with Gasteiger partial charge in [-0.05, 0) is 61.4 Å². The van der Waals surface area contributed by atoms with Crippen molar-refractivity contribution in [3.8, 4) is 0 Å². The lowest BCUT2D eigenvalue weighted by Crippen LogP contribution is -2.31. The highest BCUT2D eigenvalue weighted by molar-refractivity contribution is 9.10. The largest absolute Gasteiger partial charge is 0.337 e. The Hall–Kier alpha value is -2.34. The molecule has 0 atom stereocenters. The van der Waals surface area contributed by atoms with Gasteiger partial charge in [-0.2, -0.15) is 0 Å². The highest BCUT2D eigenvalue weighted by atomic mass is 79.9. The van der Waals surface area contributed by atoms with Gasteiger partial charge in [0.05, 0.1) is 0 Å². The molecule has 0 aliphatic heterocycles. The van der Waals surface area contributed by atoms with E-state index >= 15 is 0 Å². The number of aryl methyl sites for hydroxylation is 2. The number of halogens is 1. The van der Waals surface area contributed by atoms with Crippen LogP contribution in [0.25, 0.3) is 0 Å². The predicted molar refractivity (Wildman–Crippen MR) is 100 cm³/mol. The van der Waals surface area contributed by atoms with Gasteiger partial charge in [-0.25, -0.2) is 4.79 Å². The number of amides is 3. The lowest BCUT2D eigenvalue weighted by Gasteiger charge is -2.09. The molecule has 0 aliphatic rings. The maximum atomic E-state index is 11.9. The maximum Gasteiger partial charge on any atom is 0.319 e. The Labute approximate surface area is 150 Å². The minimum Gasteiger partial charge on any atom is -0.337 e. The van der Waals surface area contributed by atoms with Crippen molar-refractivity contribution in [2.75, 3.05) is 17.2 Å². The fourth-order valence-electron chi connectivity index (χ4n) is 2.27. The second-order valence-corrected chi connectivity index (χ2v) is 6.48. The van der Waals surface area contributed by atoms with Crippen LogP contribution in [0.3, 0.4) is 0 Å². The van der Waals surface area contributed by atoms with E-state index in [9.17, 15) is 9.59 Å². The fourth-order valence-corrected chi connectivity index (χ4v) is 2.53. The summed E-state index contributed by atoms with van der Waals surface area (Å²) in [7, 11) is 0. The SMILES string of the molecule is Cc1cc(C)cc(NC(=O)CCNC(=O)Nc2ccc(Br)cc2)c1. The van der Waals surface area contributed by atoms with Gasteiger partial charge >= 0.3 is 6.03 Å². The Balaban J connectivity index is 1.73.